The number of allylic oxidation sites excluding steroid dienone is 2. The molecule has 4 heteroatoms. The summed E-state index contributed by atoms with van der Waals surface area (Å²) in [7, 11) is 0. The molecule has 2 atom stereocenters. The molecule has 2 aromatic carbocycles. The lowest BCUT2D eigenvalue weighted by atomic mass is 9.76. The number of ketones is 1. The van der Waals surface area contributed by atoms with Crippen LogP contribution >= 0.6 is 0 Å². The van der Waals surface area contributed by atoms with Crippen LogP contribution in [0.5, 0.6) is 0 Å². The van der Waals surface area contributed by atoms with Gasteiger partial charge < -0.3 is 5.11 Å². The van der Waals surface area contributed by atoms with Crippen LogP contribution in [0.4, 0.5) is 0 Å². The maximum Gasteiger partial charge on any atom is 0.188 e. The van der Waals surface area contributed by atoms with Crippen molar-refractivity contribution in [2.24, 2.45) is 5.41 Å². The third-order valence-electron chi connectivity index (χ3n) is 7.69. The quantitative estimate of drug-likeness (QED) is 0.550. The molecular weight excluding hydrogens is 420 g/mol. The monoisotopic (exact) mass is 460 g/mol. The Kier molecular flexibility index (Phi) is 7.71. The number of rotatable bonds is 7. The van der Waals surface area contributed by atoms with Gasteiger partial charge in [0.15, 0.2) is 5.78 Å². The Hall–Kier alpha value is -2.27. The summed E-state index contributed by atoms with van der Waals surface area (Å²) in [6.07, 6.45) is 6.08. The zero-order chi connectivity index (χ0) is 24.3. The fourth-order valence-corrected chi connectivity index (χ4v) is 5.54. The number of Topliss-reactive ketones (excluding diaryl/α,β-unsaturated/α-hetero) is 1. The molecule has 4 nitrogen and oxygen atoms in total. The third kappa shape index (κ3) is 5.86. The summed E-state index contributed by atoms with van der Waals surface area (Å²) in [5.41, 5.74) is 6.63. The molecule has 1 fully saturated rings. The lowest BCUT2D eigenvalue weighted by molar-refractivity contribution is 0.0290. The molecule has 1 N–H and O–H groups in total. The van der Waals surface area contributed by atoms with Crippen LogP contribution in [0.25, 0.3) is 5.57 Å². The highest BCUT2D eigenvalue weighted by Crippen LogP contribution is 2.39. The molecule has 0 radical (unpaired) electrons. The third-order valence-corrected chi connectivity index (χ3v) is 7.69. The minimum Gasteiger partial charge on any atom is -0.388 e. The molecule has 1 saturated heterocycles. The number of hydrogen-bond donors (Lipinski definition) is 1. The molecule has 1 heterocycles. The van der Waals surface area contributed by atoms with Gasteiger partial charge >= 0.3 is 0 Å². The number of piperazine rings is 1. The van der Waals surface area contributed by atoms with Gasteiger partial charge in [-0.05, 0) is 60.8 Å². The highest BCUT2D eigenvalue weighted by atomic mass is 16.3. The van der Waals surface area contributed by atoms with Crippen LogP contribution in [0.15, 0.2) is 54.6 Å². The predicted molar refractivity (Wildman–Crippen MR) is 140 cm³/mol. The summed E-state index contributed by atoms with van der Waals surface area (Å²) >= 11 is 0. The molecule has 2 aliphatic rings. The van der Waals surface area contributed by atoms with Crippen molar-refractivity contribution in [2.75, 3.05) is 19.7 Å². The van der Waals surface area contributed by atoms with Gasteiger partial charge in [-0.15, -0.1) is 0 Å². The van der Waals surface area contributed by atoms with E-state index in [0.29, 0.717) is 23.1 Å². The SMILES string of the molecule is C[C@@H]1CN(Cc2ccccc2C2=CCC(C)(C)CC2)C[C@H](C)N1Cc1ccc(C(=O)CO)cc1. The molecular formula is C30H40N2O2. The molecule has 0 bridgehead atoms. The van der Waals surface area contributed by atoms with Crippen molar-refractivity contribution in [2.45, 2.75) is 72.1 Å². The summed E-state index contributed by atoms with van der Waals surface area (Å²) in [6.45, 7) is 12.9. The van der Waals surface area contributed by atoms with Gasteiger partial charge in [0, 0.05) is 43.8 Å². The smallest absolute Gasteiger partial charge is 0.188 e. The second kappa shape index (κ2) is 10.6. The van der Waals surface area contributed by atoms with Gasteiger partial charge in [-0.25, -0.2) is 0 Å². The highest BCUT2D eigenvalue weighted by Gasteiger charge is 2.30. The van der Waals surface area contributed by atoms with E-state index < -0.39 is 6.61 Å². The summed E-state index contributed by atoms with van der Waals surface area (Å²) in [5.74, 6) is -0.227. The van der Waals surface area contributed by atoms with E-state index in [9.17, 15) is 4.79 Å². The van der Waals surface area contributed by atoms with Crippen molar-refractivity contribution in [3.8, 4) is 0 Å². The standard InChI is InChI=1S/C30H40N2O2/c1-22-17-31(18-23(2)32(22)19-24-9-11-26(12-10-24)29(34)21-33)20-27-7-5-6-8-28(27)25-13-15-30(3,4)16-14-25/h5-13,22-23,33H,14-21H2,1-4H3/t22-,23+. The number of carbonyl (C=O) groups is 1. The first-order chi connectivity index (χ1) is 16.3. The first-order valence-electron chi connectivity index (χ1n) is 12.7. The Balaban J connectivity index is 1.41. The topological polar surface area (TPSA) is 43.8 Å². The average Bonchev–Trinajstić information content (AvgIpc) is 2.82. The van der Waals surface area contributed by atoms with E-state index in [1.54, 1.807) is 0 Å². The molecule has 0 unspecified atom stereocenters. The summed E-state index contributed by atoms with van der Waals surface area (Å²) in [5, 5.41) is 9.06. The maximum absolute atomic E-state index is 11.7. The van der Waals surface area contributed by atoms with Crippen LogP contribution in [0.3, 0.4) is 0 Å². The summed E-state index contributed by atoms with van der Waals surface area (Å²) < 4.78 is 0. The van der Waals surface area contributed by atoms with Crippen LogP contribution in [0.1, 0.15) is 74.0 Å². The van der Waals surface area contributed by atoms with E-state index in [2.05, 4.69) is 67.8 Å². The largest absolute Gasteiger partial charge is 0.388 e. The Morgan fingerprint density at radius 1 is 1.00 bits per heavy atom. The molecule has 0 aromatic heterocycles. The molecule has 34 heavy (non-hydrogen) atoms. The van der Waals surface area contributed by atoms with Crippen molar-refractivity contribution >= 4 is 11.4 Å². The van der Waals surface area contributed by atoms with E-state index in [4.69, 9.17) is 5.11 Å². The Morgan fingerprint density at radius 3 is 2.29 bits per heavy atom. The normalized spacial score (nSPS) is 23.5. The van der Waals surface area contributed by atoms with Crippen molar-refractivity contribution in [1.29, 1.82) is 0 Å². The Morgan fingerprint density at radius 2 is 1.68 bits per heavy atom. The van der Waals surface area contributed by atoms with Gasteiger partial charge in [0.25, 0.3) is 0 Å². The van der Waals surface area contributed by atoms with Crippen molar-refractivity contribution < 1.29 is 9.90 Å². The fourth-order valence-electron chi connectivity index (χ4n) is 5.54. The number of benzene rings is 2. The van der Waals surface area contributed by atoms with Gasteiger partial charge in [0.2, 0.25) is 0 Å². The summed E-state index contributed by atoms with van der Waals surface area (Å²) in [4.78, 5) is 16.9. The van der Waals surface area contributed by atoms with Crippen LogP contribution in [0.2, 0.25) is 0 Å². The Bertz CT molecular complexity index is 1010. The maximum atomic E-state index is 11.7. The Labute approximate surface area is 205 Å². The van der Waals surface area contributed by atoms with Gasteiger partial charge in [-0.1, -0.05) is 68.5 Å². The molecule has 2 aromatic rings. The van der Waals surface area contributed by atoms with E-state index in [1.807, 2.05) is 24.3 Å². The first kappa shape index (κ1) is 24.8. The second-order valence-corrected chi connectivity index (χ2v) is 11.1. The van der Waals surface area contributed by atoms with Gasteiger partial charge in [-0.2, -0.15) is 0 Å². The zero-order valence-corrected chi connectivity index (χ0v) is 21.3. The average molecular weight is 461 g/mol. The minimum absolute atomic E-state index is 0.227. The lowest BCUT2D eigenvalue weighted by Crippen LogP contribution is -2.55. The fraction of sp³-hybridized carbons (Fsp3) is 0.500. The molecule has 1 aliphatic heterocycles. The highest BCUT2D eigenvalue weighted by molar-refractivity contribution is 5.96. The molecule has 182 valence electrons. The second-order valence-electron chi connectivity index (χ2n) is 11.1. The van der Waals surface area contributed by atoms with Crippen molar-refractivity contribution in [1.82, 2.24) is 9.80 Å². The van der Waals surface area contributed by atoms with E-state index in [-0.39, 0.29) is 5.78 Å². The van der Waals surface area contributed by atoms with Gasteiger partial charge in [0.1, 0.15) is 6.61 Å². The van der Waals surface area contributed by atoms with Crippen molar-refractivity contribution in [3.05, 3.63) is 76.9 Å². The van der Waals surface area contributed by atoms with Crippen LogP contribution < -0.4 is 0 Å². The van der Waals surface area contributed by atoms with E-state index in [1.165, 1.54) is 41.5 Å². The van der Waals surface area contributed by atoms with Gasteiger partial charge in [0.05, 0.1) is 0 Å². The minimum atomic E-state index is -0.437. The number of aliphatic hydroxyl groups is 1. The van der Waals surface area contributed by atoms with Gasteiger partial charge in [-0.3, -0.25) is 14.6 Å². The molecule has 1 aliphatic carbocycles. The molecule has 0 amide bonds. The van der Waals surface area contributed by atoms with Crippen LogP contribution in [-0.2, 0) is 13.1 Å². The predicted octanol–water partition coefficient (Wildman–Crippen LogP) is 5.55. The van der Waals surface area contributed by atoms with Crippen LogP contribution in [-0.4, -0.2) is 52.5 Å². The molecule has 0 spiro atoms. The van der Waals surface area contributed by atoms with E-state index >= 15 is 0 Å². The number of nitrogens with zero attached hydrogens (tertiary/aromatic N) is 2. The van der Waals surface area contributed by atoms with E-state index in [0.717, 1.165) is 26.2 Å². The van der Waals surface area contributed by atoms with Crippen LogP contribution in [0, 0.1) is 5.41 Å². The zero-order valence-electron chi connectivity index (χ0n) is 21.3. The van der Waals surface area contributed by atoms with Crippen molar-refractivity contribution in [3.63, 3.8) is 0 Å². The molecule has 4 rings (SSSR count). The number of carbonyl (C=O) groups excluding carboxylic acids is 1. The lowest BCUT2D eigenvalue weighted by Gasteiger charge is -2.45. The molecule has 0 saturated carbocycles. The number of hydrogen-bond acceptors (Lipinski definition) is 4. The first-order valence-corrected chi connectivity index (χ1v) is 12.7. The summed E-state index contributed by atoms with van der Waals surface area (Å²) in [6, 6.07) is 17.6. The number of aliphatic hydroxyl groups excluding tert-OH is 1.